The summed E-state index contributed by atoms with van der Waals surface area (Å²) in [6, 6.07) is 55.5. The van der Waals surface area contributed by atoms with Gasteiger partial charge in [-0.3, -0.25) is 0 Å². The summed E-state index contributed by atoms with van der Waals surface area (Å²) >= 11 is 0. The van der Waals surface area contributed by atoms with Crippen LogP contribution >= 0.6 is 0 Å². The summed E-state index contributed by atoms with van der Waals surface area (Å²) < 4.78 is 2.39. The van der Waals surface area contributed by atoms with E-state index in [1.54, 1.807) is 0 Å². The van der Waals surface area contributed by atoms with Crippen LogP contribution in [0.4, 0.5) is 22.7 Å². The average molecular weight is 658 g/mol. The van der Waals surface area contributed by atoms with Gasteiger partial charge in [0.1, 0.15) is 0 Å². The third kappa shape index (κ3) is 4.44. The van der Waals surface area contributed by atoms with E-state index in [2.05, 4.69) is 195 Å². The SMILES string of the molecule is CC1(C)c2ccccc2-c2ccc(Nc3ccc4c5ccc(Nc6ccc7c(c6)C(C)(C)c6ccccc6-7)cc5n(-c5ccccc5)c4c3)cc21. The molecule has 0 bridgehead atoms. The predicted molar refractivity (Wildman–Crippen MR) is 215 cm³/mol. The van der Waals surface area contributed by atoms with E-state index in [9.17, 15) is 0 Å². The van der Waals surface area contributed by atoms with Gasteiger partial charge in [0.15, 0.2) is 0 Å². The summed E-state index contributed by atoms with van der Waals surface area (Å²) in [4.78, 5) is 0. The number of hydrogen-bond acceptors (Lipinski definition) is 2. The second-order valence-corrected chi connectivity index (χ2v) is 15.2. The Labute approximate surface area is 299 Å². The Morgan fingerprint density at radius 2 is 0.765 bits per heavy atom. The Balaban J connectivity index is 1.04. The highest BCUT2D eigenvalue weighted by atomic mass is 15.0. The van der Waals surface area contributed by atoms with Crippen LogP contribution < -0.4 is 10.6 Å². The van der Waals surface area contributed by atoms with Crippen LogP contribution in [0.3, 0.4) is 0 Å². The molecule has 2 aliphatic carbocycles. The molecule has 0 saturated carbocycles. The van der Waals surface area contributed by atoms with Gasteiger partial charge in [0.2, 0.25) is 0 Å². The zero-order valence-electron chi connectivity index (χ0n) is 29.4. The molecule has 2 aliphatic rings. The lowest BCUT2D eigenvalue weighted by Crippen LogP contribution is -2.15. The van der Waals surface area contributed by atoms with E-state index in [0.29, 0.717) is 0 Å². The minimum Gasteiger partial charge on any atom is -0.355 e. The number of hydrogen-bond donors (Lipinski definition) is 2. The average Bonchev–Trinajstić information content (AvgIpc) is 3.68. The van der Waals surface area contributed by atoms with E-state index in [1.807, 2.05) is 0 Å². The van der Waals surface area contributed by atoms with Gasteiger partial charge in [0, 0.05) is 50.0 Å². The molecule has 0 aliphatic heterocycles. The first-order chi connectivity index (χ1) is 24.8. The van der Waals surface area contributed by atoms with E-state index < -0.39 is 0 Å². The van der Waals surface area contributed by atoms with Gasteiger partial charge >= 0.3 is 0 Å². The fourth-order valence-corrected chi connectivity index (χ4v) is 8.93. The molecule has 7 aromatic carbocycles. The number of rotatable bonds is 5. The molecule has 8 aromatic rings. The van der Waals surface area contributed by atoms with Crippen molar-refractivity contribution in [3.8, 4) is 27.9 Å². The lowest BCUT2D eigenvalue weighted by Gasteiger charge is -2.22. The first-order valence-electron chi connectivity index (χ1n) is 17.9. The van der Waals surface area contributed by atoms with Gasteiger partial charge in [-0.1, -0.05) is 119 Å². The fourth-order valence-electron chi connectivity index (χ4n) is 8.93. The Morgan fingerprint density at radius 1 is 0.373 bits per heavy atom. The van der Waals surface area contributed by atoms with Crippen molar-refractivity contribution in [2.24, 2.45) is 0 Å². The highest BCUT2D eigenvalue weighted by Crippen LogP contribution is 2.51. The highest BCUT2D eigenvalue weighted by molar-refractivity contribution is 6.11. The maximum absolute atomic E-state index is 3.77. The fraction of sp³-hybridized carbons (Fsp3) is 0.125. The van der Waals surface area contributed by atoms with Crippen LogP contribution in [-0.2, 0) is 10.8 Å². The number of para-hydroxylation sites is 1. The van der Waals surface area contributed by atoms with E-state index in [-0.39, 0.29) is 10.8 Å². The largest absolute Gasteiger partial charge is 0.355 e. The summed E-state index contributed by atoms with van der Waals surface area (Å²) in [5.41, 5.74) is 18.6. The summed E-state index contributed by atoms with van der Waals surface area (Å²) in [5.74, 6) is 0. The second kappa shape index (κ2) is 10.7. The highest BCUT2D eigenvalue weighted by Gasteiger charge is 2.36. The van der Waals surface area contributed by atoms with E-state index >= 15 is 0 Å². The molecular formula is C48H39N3. The number of nitrogens with zero attached hydrogens (tertiary/aromatic N) is 1. The molecule has 0 saturated heterocycles. The van der Waals surface area contributed by atoms with E-state index in [1.165, 1.54) is 66.3 Å². The molecule has 2 N–H and O–H groups in total. The molecule has 1 heterocycles. The molecule has 3 heteroatoms. The molecular weight excluding hydrogens is 619 g/mol. The van der Waals surface area contributed by atoms with Gasteiger partial charge in [0.25, 0.3) is 0 Å². The zero-order valence-corrected chi connectivity index (χ0v) is 29.4. The topological polar surface area (TPSA) is 29.0 Å². The van der Waals surface area contributed by atoms with Crippen molar-refractivity contribution >= 4 is 44.6 Å². The quantitative estimate of drug-likeness (QED) is 0.193. The summed E-state index contributed by atoms with van der Waals surface area (Å²) in [5, 5.41) is 9.99. The third-order valence-electron chi connectivity index (χ3n) is 11.5. The van der Waals surface area contributed by atoms with Gasteiger partial charge < -0.3 is 15.2 Å². The maximum Gasteiger partial charge on any atom is 0.0561 e. The minimum atomic E-state index is -0.0416. The van der Waals surface area contributed by atoms with Gasteiger partial charge in [-0.05, 0) is 105 Å². The number of fused-ring (bicyclic) bond motifs is 9. The zero-order chi connectivity index (χ0) is 34.5. The maximum atomic E-state index is 3.77. The third-order valence-corrected chi connectivity index (χ3v) is 11.5. The Hall–Kier alpha value is -6.06. The summed E-state index contributed by atoms with van der Waals surface area (Å²) in [7, 11) is 0. The normalized spacial score (nSPS) is 14.6. The van der Waals surface area contributed by atoms with Crippen molar-refractivity contribution in [2.75, 3.05) is 10.6 Å². The van der Waals surface area contributed by atoms with Crippen molar-refractivity contribution in [3.63, 3.8) is 0 Å². The first kappa shape index (κ1) is 29.8. The van der Waals surface area contributed by atoms with Crippen molar-refractivity contribution in [2.45, 2.75) is 38.5 Å². The molecule has 1 aromatic heterocycles. The minimum absolute atomic E-state index is 0.0416. The van der Waals surface area contributed by atoms with Crippen LogP contribution in [0, 0.1) is 0 Å². The monoisotopic (exact) mass is 657 g/mol. The van der Waals surface area contributed by atoms with Crippen molar-refractivity contribution in [1.82, 2.24) is 4.57 Å². The number of aromatic nitrogens is 1. The van der Waals surface area contributed by atoms with Crippen molar-refractivity contribution in [3.05, 3.63) is 174 Å². The van der Waals surface area contributed by atoms with Crippen LogP contribution in [0.15, 0.2) is 152 Å². The van der Waals surface area contributed by atoms with Crippen LogP contribution in [0.2, 0.25) is 0 Å². The molecule has 10 rings (SSSR count). The molecule has 0 fully saturated rings. The molecule has 0 amide bonds. The lowest BCUT2D eigenvalue weighted by atomic mass is 9.82. The van der Waals surface area contributed by atoms with Crippen molar-refractivity contribution < 1.29 is 0 Å². The number of nitrogens with one attached hydrogen (secondary N) is 2. The Kier molecular flexibility index (Phi) is 6.27. The summed E-state index contributed by atoms with van der Waals surface area (Å²) in [6.45, 7) is 9.33. The van der Waals surface area contributed by atoms with E-state index in [0.717, 1.165) is 28.4 Å². The van der Waals surface area contributed by atoms with Gasteiger partial charge in [0.05, 0.1) is 11.0 Å². The van der Waals surface area contributed by atoms with Crippen LogP contribution in [-0.4, -0.2) is 4.57 Å². The molecule has 51 heavy (non-hydrogen) atoms. The van der Waals surface area contributed by atoms with Crippen molar-refractivity contribution in [1.29, 1.82) is 0 Å². The molecule has 0 spiro atoms. The smallest absolute Gasteiger partial charge is 0.0561 e. The van der Waals surface area contributed by atoms with Crippen LogP contribution in [0.5, 0.6) is 0 Å². The molecule has 3 nitrogen and oxygen atoms in total. The number of anilines is 4. The molecule has 0 atom stereocenters. The van der Waals surface area contributed by atoms with Gasteiger partial charge in [-0.2, -0.15) is 0 Å². The van der Waals surface area contributed by atoms with Crippen LogP contribution in [0.25, 0.3) is 49.7 Å². The van der Waals surface area contributed by atoms with Crippen LogP contribution in [0.1, 0.15) is 49.9 Å². The standard InChI is InChI=1S/C48H39N3/c1-47(2)41-16-10-8-14-35(41)37-22-18-30(26-43(37)47)49-32-20-24-39-40-25-21-33(29-46(40)51(45(39)28-32)34-12-6-5-7-13-34)50-31-19-23-38-36-15-9-11-17-42(36)48(3,4)44(38)27-31/h5-29,49-50H,1-4H3. The molecule has 0 unspecified atom stereocenters. The Bertz CT molecular complexity index is 2530. The van der Waals surface area contributed by atoms with Gasteiger partial charge in [-0.15, -0.1) is 0 Å². The summed E-state index contributed by atoms with van der Waals surface area (Å²) in [6.07, 6.45) is 0. The first-order valence-corrected chi connectivity index (χ1v) is 17.9. The number of benzene rings is 7. The lowest BCUT2D eigenvalue weighted by molar-refractivity contribution is 0.660. The molecule has 246 valence electrons. The second-order valence-electron chi connectivity index (χ2n) is 15.2. The molecule has 0 radical (unpaired) electrons. The van der Waals surface area contributed by atoms with E-state index in [4.69, 9.17) is 0 Å². The Morgan fingerprint density at radius 3 is 1.25 bits per heavy atom. The predicted octanol–water partition coefficient (Wildman–Crippen LogP) is 12.9. The van der Waals surface area contributed by atoms with Gasteiger partial charge in [-0.25, -0.2) is 0 Å².